The minimum absolute atomic E-state index is 0.0791. The van der Waals surface area contributed by atoms with Crippen molar-refractivity contribution >= 4 is 32.5 Å². The van der Waals surface area contributed by atoms with Crippen LogP contribution in [-0.4, -0.2) is 30.9 Å². The summed E-state index contributed by atoms with van der Waals surface area (Å²) in [6.07, 6.45) is 0.505. The number of aryl methyl sites for hydroxylation is 2. The quantitative estimate of drug-likeness (QED) is 0.308. The van der Waals surface area contributed by atoms with E-state index in [1.807, 2.05) is 44.2 Å². The molecule has 6 nitrogen and oxygen atoms in total. The highest BCUT2D eigenvalue weighted by Gasteiger charge is 2.27. The van der Waals surface area contributed by atoms with Crippen molar-refractivity contribution in [1.29, 1.82) is 0 Å². The number of fused-ring (bicyclic) bond motifs is 1. The number of halogens is 1. The van der Waals surface area contributed by atoms with Gasteiger partial charge in [-0.2, -0.15) is 4.31 Å². The van der Waals surface area contributed by atoms with Gasteiger partial charge in [-0.1, -0.05) is 41.9 Å². The van der Waals surface area contributed by atoms with E-state index in [0.29, 0.717) is 40.4 Å². The third-order valence-corrected chi connectivity index (χ3v) is 8.43. The molecule has 0 radical (unpaired) electrons. The molecule has 1 N–H and O–H groups in total. The van der Waals surface area contributed by atoms with Gasteiger partial charge in [0.25, 0.3) is 5.56 Å². The highest BCUT2D eigenvalue weighted by molar-refractivity contribution is 7.89. The van der Waals surface area contributed by atoms with Crippen LogP contribution in [0.15, 0.2) is 76.4 Å². The molecule has 0 fully saturated rings. The Bertz CT molecular complexity index is 1560. The molecule has 0 saturated heterocycles. The smallest absolute Gasteiger partial charge is 0.252 e. The van der Waals surface area contributed by atoms with Crippen molar-refractivity contribution in [3.05, 3.63) is 104 Å². The van der Waals surface area contributed by atoms with Gasteiger partial charge in [0.15, 0.2) is 0 Å². The van der Waals surface area contributed by atoms with Gasteiger partial charge in [-0.3, -0.25) is 4.79 Å². The lowest BCUT2D eigenvalue weighted by molar-refractivity contribution is 0.340. The van der Waals surface area contributed by atoms with Gasteiger partial charge in [0.2, 0.25) is 10.0 Å². The molecule has 0 saturated carbocycles. The first-order valence-corrected chi connectivity index (χ1v) is 13.6. The first-order valence-electron chi connectivity index (χ1n) is 11.8. The van der Waals surface area contributed by atoms with Crippen molar-refractivity contribution < 1.29 is 13.2 Å². The average Bonchev–Trinajstić information content (AvgIpc) is 2.84. The van der Waals surface area contributed by atoms with E-state index in [-0.39, 0.29) is 23.5 Å². The van der Waals surface area contributed by atoms with E-state index >= 15 is 0 Å². The van der Waals surface area contributed by atoms with Crippen LogP contribution in [0.3, 0.4) is 0 Å². The Morgan fingerprint density at radius 1 is 0.944 bits per heavy atom. The van der Waals surface area contributed by atoms with Gasteiger partial charge in [0.05, 0.1) is 11.5 Å². The largest absolute Gasteiger partial charge is 0.494 e. The lowest BCUT2D eigenvalue weighted by Crippen LogP contribution is -2.35. The summed E-state index contributed by atoms with van der Waals surface area (Å²) in [5.74, 6) is 0.682. The summed E-state index contributed by atoms with van der Waals surface area (Å²) in [6.45, 7) is 6.28. The van der Waals surface area contributed by atoms with Crippen molar-refractivity contribution in [3.8, 4) is 5.75 Å². The van der Waals surface area contributed by atoms with E-state index in [2.05, 4.69) is 4.98 Å². The van der Waals surface area contributed by atoms with Gasteiger partial charge >= 0.3 is 0 Å². The number of nitrogens with one attached hydrogen (secondary N) is 1. The molecule has 0 atom stereocenters. The highest BCUT2D eigenvalue weighted by atomic mass is 35.5. The summed E-state index contributed by atoms with van der Waals surface area (Å²) in [7, 11) is -3.95. The summed E-state index contributed by atoms with van der Waals surface area (Å²) in [4.78, 5) is 16.0. The van der Waals surface area contributed by atoms with Gasteiger partial charge in [0, 0.05) is 34.6 Å². The molecule has 1 aromatic heterocycles. The zero-order chi connectivity index (χ0) is 25.9. The molecule has 8 heteroatoms. The third-order valence-electron chi connectivity index (χ3n) is 6.21. The van der Waals surface area contributed by atoms with Crippen LogP contribution in [0.5, 0.6) is 5.75 Å². The van der Waals surface area contributed by atoms with Crippen molar-refractivity contribution in [3.63, 3.8) is 0 Å². The molecular formula is C28H29ClN2O4S. The number of aromatic nitrogens is 1. The molecule has 0 aliphatic heterocycles. The summed E-state index contributed by atoms with van der Waals surface area (Å²) in [5.41, 5.74) is 3.41. The highest BCUT2D eigenvalue weighted by Crippen LogP contribution is 2.26. The predicted octanol–water partition coefficient (Wildman–Crippen LogP) is 5.63. The number of nitrogens with zero attached hydrogens (tertiary/aromatic N) is 1. The van der Waals surface area contributed by atoms with Crippen LogP contribution in [0.25, 0.3) is 10.9 Å². The zero-order valence-corrected chi connectivity index (χ0v) is 22.1. The number of hydrogen-bond acceptors (Lipinski definition) is 4. The average molecular weight is 525 g/mol. The molecule has 0 bridgehead atoms. The van der Waals surface area contributed by atoms with Gasteiger partial charge in [-0.15, -0.1) is 0 Å². The Kier molecular flexibility index (Phi) is 7.83. The molecule has 0 spiro atoms. The first-order chi connectivity index (χ1) is 17.2. The second kappa shape index (κ2) is 10.9. The van der Waals surface area contributed by atoms with Gasteiger partial charge in [0.1, 0.15) is 5.75 Å². The number of H-pyrrole nitrogens is 1. The molecule has 4 rings (SSSR count). The standard InChI is InChI=1S/C28H29ClN2O4S/c1-4-35-25-11-12-26-22(16-25)15-23(28(32)30-26)18-31(14-13-21-8-6-5-7-19(21)2)36(33,34)27-17-24(29)10-9-20(27)3/h5-12,15-17H,4,13-14,18H2,1-3H3,(H,30,32). The second-order valence-corrected chi connectivity index (χ2v) is 11.1. The van der Waals surface area contributed by atoms with Crippen LogP contribution < -0.4 is 10.3 Å². The molecule has 188 valence electrons. The maximum absolute atomic E-state index is 13.9. The molecule has 3 aromatic carbocycles. The number of benzene rings is 3. The number of aromatic amines is 1. The Labute approximate surface area is 216 Å². The van der Waals surface area contributed by atoms with Crippen molar-refractivity contribution in [2.45, 2.75) is 38.6 Å². The summed E-state index contributed by atoms with van der Waals surface area (Å²) in [6, 6.07) is 19.8. The molecule has 0 aliphatic rings. The molecule has 36 heavy (non-hydrogen) atoms. The normalized spacial score (nSPS) is 11.8. The van der Waals surface area contributed by atoms with E-state index in [1.165, 1.54) is 10.4 Å². The zero-order valence-electron chi connectivity index (χ0n) is 20.5. The monoisotopic (exact) mass is 524 g/mol. The van der Waals surface area contributed by atoms with Crippen LogP contribution >= 0.6 is 11.6 Å². The van der Waals surface area contributed by atoms with Crippen molar-refractivity contribution in [2.75, 3.05) is 13.2 Å². The maximum Gasteiger partial charge on any atom is 0.252 e. The van der Waals surface area contributed by atoms with Crippen LogP contribution in [-0.2, 0) is 23.0 Å². The topological polar surface area (TPSA) is 79.5 Å². The SMILES string of the molecule is CCOc1ccc2[nH]c(=O)c(CN(CCc3ccccc3C)S(=O)(=O)c3cc(Cl)ccc3C)cc2c1. The third kappa shape index (κ3) is 5.64. The first kappa shape index (κ1) is 25.9. The fourth-order valence-electron chi connectivity index (χ4n) is 4.20. The Balaban J connectivity index is 1.76. The van der Waals surface area contributed by atoms with Crippen LogP contribution in [0, 0.1) is 13.8 Å². The number of hydrogen-bond donors (Lipinski definition) is 1. The van der Waals surface area contributed by atoms with Gasteiger partial charge < -0.3 is 9.72 Å². The molecule has 0 amide bonds. The molecule has 0 aliphatic carbocycles. The second-order valence-electron chi connectivity index (χ2n) is 8.73. The number of ether oxygens (including phenoxy) is 1. The molecular weight excluding hydrogens is 496 g/mol. The summed E-state index contributed by atoms with van der Waals surface area (Å²) >= 11 is 6.16. The minimum Gasteiger partial charge on any atom is -0.494 e. The number of sulfonamides is 1. The van der Waals surface area contributed by atoms with Crippen LogP contribution in [0.4, 0.5) is 0 Å². The van der Waals surface area contributed by atoms with E-state index in [0.717, 1.165) is 16.5 Å². The minimum atomic E-state index is -3.95. The Morgan fingerprint density at radius 2 is 1.72 bits per heavy atom. The van der Waals surface area contributed by atoms with Crippen molar-refractivity contribution in [2.24, 2.45) is 0 Å². The van der Waals surface area contributed by atoms with Crippen LogP contribution in [0.1, 0.15) is 29.2 Å². The predicted molar refractivity (Wildman–Crippen MR) is 144 cm³/mol. The molecule has 4 aromatic rings. The summed E-state index contributed by atoms with van der Waals surface area (Å²) < 4.78 is 34.7. The van der Waals surface area contributed by atoms with E-state index < -0.39 is 10.0 Å². The Morgan fingerprint density at radius 3 is 2.47 bits per heavy atom. The Hall–Kier alpha value is -3.13. The van der Waals surface area contributed by atoms with E-state index in [4.69, 9.17) is 16.3 Å². The number of rotatable bonds is 9. The fraction of sp³-hybridized carbons (Fsp3) is 0.250. The fourth-order valence-corrected chi connectivity index (χ4v) is 6.11. The van der Waals surface area contributed by atoms with E-state index in [1.54, 1.807) is 37.3 Å². The summed E-state index contributed by atoms with van der Waals surface area (Å²) in [5, 5.41) is 1.11. The van der Waals surface area contributed by atoms with Crippen LogP contribution in [0.2, 0.25) is 5.02 Å². The molecule has 1 heterocycles. The van der Waals surface area contributed by atoms with Crippen molar-refractivity contribution in [1.82, 2.24) is 9.29 Å². The van der Waals surface area contributed by atoms with E-state index in [9.17, 15) is 13.2 Å². The molecule has 0 unspecified atom stereocenters. The van der Waals surface area contributed by atoms with Gasteiger partial charge in [-0.05, 0) is 80.3 Å². The lowest BCUT2D eigenvalue weighted by atomic mass is 10.1. The number of pyridine rings is 1. The van der Waals surface area contributed by atoms with Gasteiger partial charge in [-0.25, -0.2) is 8.42 Å². The lowest BCUT2D eigenvalue weighted by Gasteiger charge is -2.24. The maximum atomic E-state index is 13.9.